The molecule has 0 aliphatic rings. The summed E-state index contributed by atoms with van der Waals surface area (Å²) in [4.78, 5) is 1.97. The zero-order valence-corrected chi connectivity index (χ0v) is 13.5. The van der Waals surface area contributed by atoms with Crippen LogP contribution in [-0.2, 0) is 0 Å². The van der Waals surface area contributed by atoms with Gasteiger partial charge in [-0.2, -0.15) is 0 Å². The number of nitrogens with two attached hydrogens (primary N) is 1. The van der Waals surface area contributed by atoms with E-state index in [1.54, 1.807) is 21.6 Å². The predicted octanol–water partition coefficient (Wildman–Crippen LogP) is -0.883. The van der Waals surface area contributed by atoms with Crippen molar-refractivity contribution in [2.45, 2.75) is 18.4 Å². The molecule has 0 aliphatic carbocycles. The Labute approximate surface area is 129 Å². The lowest BCUT2D eigenvalue weighted by molar-refractivity contribution is 0.0293. The fourth-order valence-corrected chi connectivity index (χ4v) is 4.72. The second kappa shape index (κ2) is 13.1. The highest BCUT2D eigenvalue weighted by Crippen LogP contribution is 2.33. The van der Waals surface area contributed by atoms with E-state index in [9.17, 15) is 20.4 Å². The van der Waals surface area contributed by atoms with Gasteiger partial charge in [0.05, 0.1) is 13.2 Å². The van der Waals surface area contributed by atoms with Gasteiger partial charge in [-0.05, 0) is 12.8 Å². The van der Waals surface area contributed by atoms with Gasteiger partial charge in [-0.15, -0.1) is 0 Å². The SMILES string of the molecule is NCCSSCC(CCO)(CCO)N(CCO)CCO. The van der Waals surface area contributed by atoms with Crippen molar-refractivity contribution in [1.82, 2.24) is 4.90 Å². The molecular weight excluding hydrogens is 300 g/mol. The quantitative estimate of drug-likeness (QED) is 0.206. The van der Waals surface area contributed by atoms with Crippen molar-refractivity contribution in [3.05, 3.63) is 0 Å². The molecule has 0 amide bonds. The van der Waals surface area contributed by atoms with E-state index in [0.29, 0.717) is 38.2 Å². The first-order valence-electron chi connectivity index (χ1n) is 6.83. The maximum absolute atomic E-state index is 9.35. The zero-order chi connectivity index (χ0) is 15.3. The molecule has 6 N–H and O–H groups in total. The summed E-state index contributed by atoms with van der Waals surface area (Å²) in [6.45, 7) is 1.44. The Morgan fingerprint density at radius 1 is 0.850 bits per heavy atom. The van der Waals surface area contributed by atoms with Crippen LogP contribution >= 0.6 is 21.6 Å². The van der Waals surface area contributed by atoms with Crippen LogP contribution in [-0.4, -0.2) is 88.4 Å². The van der Waals surface area contributed by atoms with E-state index in [-0.39, 0.29) is 26.4 Å². The van der Waals surface area contributed by atoms with Gasteiger partial charge in [0.25, 0.3) is 0 Å². The lowest BCUT2D eigenvalue weighted by Gasteiger charge is -2.43. The van der Waals surface area contributed by atoms with Gasteiger partial charge in [-0.3, -0.25) is 4.90 Å². The molecule has 0 aliphatic heterocycles. The normalized spacial score (nSPS) is 12.3. The van der Waals surface area contributed by atoms with Crippen molar-refractivity contribution < 1.29 is 20.4 Å². The van der Waals surface area contributed by atoms with Gasteiger partial charge in [-0.1, -0.05) is 21.6 Å². The number of aliphatic hydroxyl groups excluding tert-OH is 4. The van der Waals surface area contributed by atoms with E-state index in [2.05, 4.69) is 0 Å². The minimum absolute atomic E-state index is 0.00940. The van der Waals surface area contributed by atoms with Crippen molar-refractivity contribution in [3.63, 3.8) is 0 Å². The molecule has 0 aromatic heterocycles. The third-order valence-electron chi connectivity index (χ3n) is 3.18. The Hall–Kier alpha value is 0.460. The molecule has 0 spiro atoms. The average Bonchev–Trinajstić information content (AvgIpc) is 2.44. The lowest BCUT2D eigenvalue weighted by atomic mass is 9.91. The number of hydrogen-bond acceptors (Lipinski definition) is 8. The summed E-state index contributed by atoms with van der Waals surface area (Å²) in [6, 6.07) is 0. The molecule has 0 rings (SSSR count). The van der Waals surface area contributed by atoms with E-state index in [1.165, 1.54) is 0 Å². The van der Waals surface area contributed by atoms with Crippen LogP contribution in [0, 0.1) is 0 Å². The first-order chi connectivity index (χ1) is 9.70. The number of rotatable bonds is 14. The molecule has 0 aromatic carbocycles. The van der Waals surface area contributed by atoms with E-state index >= 15 is 0 Å². The highest BCUT2D eigenvalue weighted by Gasteiger charge is 2.35. The second-order valence-corrected chi connectivity index (χ2v) is 7.06. The van der Waals surface area contributed by atoms with Crippen molar-refractivity contribution >= 4 is 21.6 Å². The molecule has 0 radical (unpaired) electrons. The molecular formula is C12H28N2O4S2. The van der Waals surface area contributed by atoms with Gasteiger partial charge in [0.2, 0.25) is 0 Å². The monoisotopic (exact) mass is 328 g/mol. The summed E-state index contributed by atoms with van der Waals surface area (Å²) in [7, 11) is 3.32. The maximum atomic E-state index is 9.35. The number of nitrogens with zero attached hydrogens (tertiary/aromatic N) is 1. The van der Waals surface area contributed by atoms with Crippen LogP contribution in [0.25, 0.3) is 0 Å². The van der Waals surface area contributed by atoms with Gasteiger partial charge >= 0.3 is 0 Å². The highest BCUT2D eigenvalue weighted by atomic mass is 33.1. The fourth-order valence-electron chi connectivity index (χ4n) is 2.18. The summed E-state index contributed by atoms with van der Waals surface area (Å²) in [5, 5.41) is 37.1. The molecule has 0 bridgehead atoms. The highest BCUT2D eigenvalue weighted by molar-refractivity contribution is 8.76. The van der Waals surface area contributed by atoms with Crippen LogP contribution in [0.1, 0.15) is 12.8 Å². The molecule has 20 heavy (non-hydrogen) atoms. The standard InChI is InChI=1S/C12H28N2O4S2/c13-3-10-19-20-11-12(1-6-15,2-7-16)14(4-8-17)5-9-18/h15-18H,1-11,13H2. The van der Waals surface area contributed by atoms with Gasteiger partial charge in [-0.25, -0.2) is 0 Å². The average molecular weight is 329 g/mol. The smallest absolute Gasteiger partial charge is 0.0558 e. The number of aliphatic hydroxyl groups is 4. The molecule has 0 heterocycles. The fraction of sp³-hybridized carbons (Fsp3) is 1.00. The minimum atomic E-state index is -0.415. The van der Waals surface area contributed by atoms with Crippen LogP contribution in [0.3, 0.4) is 0 Å². The predicted molar refractivity (Wildman–Crippen MR) is 85.9 cm³/mol. The van der Waals surface area contributed by atoms with Crippen LogP contribution in [0.5, 0.6) is 0 Å². The van der Waals surface area contributed by atoms with E-state index in [1.807, 2.05) is 4.90 Å². The van der Waals surface area contributed by atoms with Crippen molar-refractivity contribution in [3.8, 4) is 0 Å². The van der Waals surface area contributed by atoms with E-state index in [0.717, 1.165) is 5.75 Å². The summed E-state index contributed by atoms with van der Waals surface area (Å²) < 4.78 is 0. The van der Waals surface area contributed by atoms with Crippen molar-refractivity contribution in [2.24, 2.45) is 5.73 Å². The molecule has 122 valence electrons. The maximum Gasteiger partial charge on any atom is 0.0558 e. The summed E-state index contributed by atoms with van der Waals surface area (Å²) in [5.74, 6) is 1.55. The van der Waals surface area contributed by atoms with Gasteiger partial charge < -0.3 is 26.2 Å². The number of β-amino-alcohol motifs (C(OH)–C–C–N with tert-alkyl or cyclic N) is 2. The van der Waals surface area contributed by atoms with E-state index < -0.39 is 5.54 Å². The number of hydrogen-bond donors (Lipinski definition) is 5. The molecule has 8 heteroatoms. The van der Waals surface area contributed by atoms with Crippen LogP contribution < -0.4 is 5.73 Å². The minimum Gasteiger partial charge on any atom is -0.396 e. The third kappa shape index (κ3) is 7.46. The largest absolute Gasteiger partial charge is 0.396 e. The van der Waals surface area contributed by atoms with Crippen LogP contribution in [0.15, 0.2) is 0 Å². The molecule has 0 unspecified atom stereocenters. The molecule has 0 saturated carbocycles. The van der Waals surface area contributed by atoms with Crippen molar-refractivity contribution in [1.29, 1.82) is 0 Å². The molecule has 0 saturated heterocycles. The summed E-state index contributed by atoms with van der Waals surface area (Å²) >= 11 is 0. The Kier molecular flexibility index (Phi) is 13.4. The topological polar surface area (TPSA) is 110 Å². The Morgan fingerprint density at radius 3 is 1.80 bits per heavy atom. The van der Waals surface area contributed by atoms with E-state index in [4.69, 9.17) is 5.73 Å². The van der Waals surface area contributed by atoms with Crippen LogP contribution in [0.4, 0.5) is 0 Å². The van der Waals surface area contributed by atoms with Gasteiger partial charge in [0.15, 0.2) is 0 Å². The molecule has 6 nitrogen and oxygen atoms in total. The molecule has 0 fully saturated rings. The zero-order valence-electron chi connectivity index (χ0n) is 11.9. The first-order valence-corrected chi connectivity index (χ1v) is 9.32. The summed E-state index contributed by atoms with van der Waals surface area (Å²) in [6.07, 6.45) is 1.01. The van der Waals surface area contributed by atoms with Crippen molar-refractivity contribution in [2.75, 3.05) is 57.6 Å². The third-order valence-corrected chi connectivity index (χ3v) is 5.75. The molecule has 0 atom stereocenters. The molecule has 0 aromatic rings. The Morgan fingerprint density at radius 2 is 1.40 bits per heavy atom. The Balaban J connectivity index is 4.83. The second-order valence-electron chi connectivity index (χ2n) is 4.48. The van der Waals surface area contributed by atoms with Crippen LogP contribution in [0.2, 0.25) is 0 Å². The first kappa shape index (κ1) is 20.5. The Bertz CT molecular complexity index is 214. The van der Waals surface area contributed by atoms with Gasteiger partial charge in [0.1, 0.15) is 0 Å². The summed E-state index contributed by atoms with van der Waals surface area (Å²) in [5.41, 5.74) is 5.04. The van der Waals surface area contributed by atoms with Gasteiger partial charge in [0, 0.05) is 49.9 Å². The lowest BCUT2D eigenvalue weighted by Crippen LogP contribution is -2.54.